The fourth-order valence-electron chi connectivity index (χ4n) is 3.67. The van der Waals surface area contributed by atoms with Crippen LogP contribution < -0.4 is 10.6 Å². The number of benzene rings is 2. The van der Waals surface area contributed by atoms with Crippen LogP contribution in [0.3, 0.4) is 0 Å². The number of anilines is 2. The van der Waals surface area contributed by atoms with Crippen LogP contribution in [0.1, 0.15) is 21.5 Å². The monoisotopic (exact) mass is 440 g/mol. The SMILES string of the molecule is N#Cc1cccc(NC(=O)c2cccc(NC(=O)N3CCN(Cc4ccncc4)CC3)c2)c1. The smallest absolute Gasteiger partial charge is 0.321 e. The Bertz CT molecular complexity index is 1170. The Morgan fingerprint density at radius 3 is 2.33 bits per heavy atom. The molecule has 0 spiro atoms. The molecule has 1 aliphatic heterocycles. The topological polar surface area (TPSA) is 101 Å². The van der Waals surface area contributed by atoms with Gasteiger partial charge in [0.05, 0.1) is 11.6 Å². The maximum atomic E-state index is 12.7. The summed E-state index contributed by atoms with van der Waals surface area (Å²) < 4.78 is 0. The Kier molecular flexibility index (Phi) is 6.93. The van der Waals surface area contributed by atoms with Gasteiger partial charge in [0.1, 0.15) is 0 Å². The minimum Gasteiger partial charge on any atom is -0.322 e. The van der Waals surface area contributed by atoms with E-state index < -0.39 is 0 Å². The molecule has 8 nitrogen and oxygen atoms in total. The van der Waals surface area contributed by atoms with Gasteiger partial charge in [-0.25, -0.2) is 4.79 Å². The molecule has 2 aromatic carbocycles. The highest BCUT2D eigenvalue weighted by Gasteiger charge is 2.21. The predicted octanol–water partition coefficient (Wildman–Crippen LogP) is 3.56. The molecule has 166 valence electrons. The molecule has 0 bridgehead atoms. The van der Waals surface area contributed by atoms with E-state index in [0.717, 1.165) is 19.6 Å². The fourth-order valence-corrected chi connectivity index (χ4v) is 3.67. The van der Waals surface area contributed by atoms with Gasteiger partial charge >= 0.3 is 6.03 Å². The number of carbonyl (C=O) groups is 2. The maximum Gasteiger partial charge on any atom is 0.321 e. The molecule has 0 radical (unpaired) electrons. The maximum absolute atomic E-state index is 12.7. The second-order valence-corrected chi connectivity index (χ2v) is 7.78. The molecule has 3 amide bonds. The summed E-state index contributed by atoms with van der Waals surface area (Å²) in [4.78, 5) is 33.5. The van der Waals surface area contributed by atoms with E-state index in [-0.39, 0.29) is 11.9 Å². The summed E-state index contributed by atoms with van der Waals surface area (Å²) >= 11 is 0. The molecule has 1 aliphatic rings. The Labute approximate surface area is 192 Å². The third-order valence-electron chi connectivity index (χ3n) is 5.44. The number of nitrogens with zero attached hydrogens (tertiary/aromatic N) is 4. The van der Waals surface area contributed by atoms with Gasteiger partial charge in [-0.1, -0.05) is 12.1 Å². The third-order valence-corrected chi connectivity index (χ3v) is 5.44. The number of urea groups is 1. The molecule has 1 saturated heterocycles. The average Bonchev–Trinajstić information content (AvgIpc) is 2.85. The van der Waals surface area contributed by atoms with Crippen LogP contribution in [0.4, 0.5) is 16.2 Å². The van der Waals surface area contributed by atoms with E-state index in [1.165, 1.54) is 5.56 Å². The van der Waals surface area contributed by atoms with E-state index in [1.807, 2.05) is 18.2 Å². The van der Waals surface area contributed by atoms with E-state index in [1.54, 1.807) is 65.8 Å². The number of rotatable bonds is 5. The Balaban J connectivity index is 1.31. The lowest BCUT2D eigenvalue weighted by Crippen LogP contribution is -2.49. The standard InChI is InChI=1S/C25H24N6O2/c26-17-20-3-1-5-22(15-20)28-24(32)21-4-2-6-23(16-21)29-25(33)31-13-11-30(12-14-31)18-19-7-9-27-10-8-19/h1-10,15-16H,11-14,18H2,(H,28,32)(H,29,33). The van der Waals surface area contributed by atoms with Gasteiger partial charge in [-0.2, -0.15) is 5.26 Å². The highest BCUT2D eigenvalue weighted by Crippen LogP contribution is 2.16. The Morgan fingerprint density at radius 2 is 1.61 bits per heavy atom. The van der Waals surface area contributed by atoms with Crippen LogP contribution in [0, 0.1) is 11.3 Å². The number of aromatic nitrogens is 1. The fraction of sp³-hybridized carbons (Fsp3) is 0.200. The van der Waals surface area contributed by atoms with Gasteiger partial charge in [0.2, 0.25) is 0 Å². The summed E-state index contributed by atoms with van der Waals surface area (Å²) in [5, 5.41) is 14.7. The third kappa shape index (κ3) is 5.93. The van der Waals surface area contributed by atoms with Crippen LogP contribution in [0.15, 0.2) is 73.1 Å². The van der Waals surface area contributed by atoms with Crippen molar-refractivity contribution in [2.45, 2.75) is 6.54 Å². The molecule has 1 fully saturated rings. The first kappa shape index (κ1) is 22.0. The van der Waals surface area contributed by atoms with Crippen molar-refractivity contribution < 1.29 is 9.59 Å². The zero-order valence-electron chi connectivity index (χ0n) is 18.1. The van der Waals surface area contributed by atoms with E-state index in [0.29, 0.717) is 35.6 Å². The largest absolute Gasteiger partial charge is 0.322 e. The molecule has 1 aromatic heterocycles. The lowest BCUT2D eigenvalue weighted by molar-refractivity contribution is 0.102. The molecule has 2 heterocycles. The first-order chi connectivity index (χ1) is 16.1. The number of hydrogen-bond donors (Lipinski definition) is 2. The van der Waals surface area contributed by atoms with Gasteiger partial charge in [0.15, 0.2) is 0 Å². The first-order valence-electron chi connectivity index (χ1n) is 10.7. The molecule has 0 unspecified atom stereocenters. The van der Waals surface area contributed by atoms with Crippen LogP contribution in [-0.4, -0.2) is 52.9 Å². The Hall–Kier alpha value is -4.22. The number of amides is 3. The normalized spacial score (nSPS) is 13.7. The average molecular weight is 441 g/mol. The molecule has 33 heavy (non-hydrogen) atoms. The van der Waals surface area contributed by atoms with Gasteiger partial charge in [-0.3, -0.25) is 14.7 Å². The molecule has 0 saturated carbocycles. The van der Waals surface area contributed by atoms with Crippen LogP contribution in [0.5, 0.6) is 0 Å². The Morgan fingerprint density at radius 1 is 0.909 bits per heavy atom. The highest BCUT2D eigenvalue weighted by molar-refractivity contribution is 6.05. The molecular formula is C25H24N6O2. The van der Waals surface area contributed by atoms with Gasteiger partial charge in [0, 0.05) is 62.1 Å². The minimum atomic E-state index is -0.314. The van der Waals surface area contributed by atoms with Crippen molar-refractivity contribution in [1.29, 1.82) is 5.26 Å². The molecule has 3 aromatic rings. The van der Waals surface area contributed by atoms with Crippen LogP contribution in [0.2, 0.25) is 0 Å². The molecule has 2 N–H and O–H groups in total. The zero-order chi connectivity index (χ0) is 23.0. The zero-order valence-corrected chi connectivity index (χ0v) is 18.1. The lowest BCUT2D eigenvalue weighted by Gasteiger charge is -2.34. The number of nitrogens with one attached hydrogen (secondary N) is 2. The summed E-state index contributed by atoms with van der Waals surface area (Å²) in [6.45, 7) is 3.69. The lowest BCUT2D eigenvalue weighted by atomic mass is 10.1. The van der Waals surface area contributed by atoms with Crippen molar-refractivity contribution in [1.82, 2.24) is 14.8 Å². The highest BCUT2D eigenvalue weighted by atomic mass is 16.2. The van der Waals surface area contributed by atoms with E-state index >= 15 is 0 Å². The minimum absolute atomic E-state index is 0.183. The summed E-state index contributed by atoms with van der Waals surface area (Å²) in [5.41, 5.74) is 3.18. The number of hydrogen-bond acceptors (Lipinski definition) is 5. The van der Waals surface area contributed by atoms with Crippen LogP contribution >= 0.6 is 0 Å². The number of piperazine rings is 1. The van der Waals surface area contributed by atoms with Crippen molar-refractivity contribution in [2.75, 3.05) is 36.8 Å². The van der Waals surface area contributed by atoms with Crippen LogP contribution in [0.25, 0.3) is 0 Å². The van der Waals surface area contributed by atoms with Crippen molar-refractivity contribution >= 4 is 23.3 Å². The second-order valence-electron chi connectivity index (χ2n) is 7.78. The first-order valence-corrected chi connectivity index (χ1v) is 10.7. The predicted molar refractivity (Wildman–Crippen MR) is 126 cm³/mol. The van der Waals surface area contributed by atoms with Crippen molar-refractivity contribution in [3.63, 3.8) is 0 Å². The van der Waals surface area contributed by atoms with Crippen molar-refractivity contribution in [3.05, 3.63) is 89.7 Å². The van der Waals surface area contributed by atoms with Crippen LogP contribution in [-0.2, 0) is 6.54 Å². The molecule has 0 aliphatic carbocycles. The summed E-state index contributed by atoms with van der Waals surface area (Å²) in [7, 11) is 0. The van der Waals surface area contributed by atoms with Gasteiger partial charge in [0.25, 0.3) is 5.91 Å². The number of pyridine rings is 1. The van der Waals surface area contributed by atoms with Gasteiger partial charge in [-0.05, 0) is 54.1 Å². The van der Waals surface area contributed by atoms with E-state index in [4.69, 9.17) is 5.26 Å². The summed E-state index contributed by atoms with van der Waals surface area (Å²) in [6, 6.07) is 19.4. The number of nitriles is 1. The molecule has 8 heteroatoms. The molecular weight excluding hydrogens is 416 g/mol. The molecule has 4 rings (SSSR count). The van der Waals surface area contributed by atoms with Gasteiger partial charge < -0.3 is 15.5 Å². The number of carbonyl (C=O) groups excluding carboxylic acids is 2. The summed E-state index contributed by atoms with van der Waals surface area (Å²) in [6.07, 6.45) is 3.58. The summed E-state index contributed by atoms with van der Waals surface area (Å²) in [5.74, 6) is -0.314. The van der Waals surface area contributed by atoms with Gasteiger partial charge in [-0.15, -0.1) is 0 Å². The molecule has 0 atom stereocenters. The second kappa shape index (κ2) is 10.4. The van der Waals surface area contributed by atoms with E-state index in [9.17, 15) is 9.59 Å². The van der Waals surface area contributed by atoms with E-state index in [2.05, 4.69) is 20.5 Å². The van der Waals surface area contributed by atoms with Crippen molar-refractivity contribution in [2.24, 2.45) is 0 Å². The van der Waals surface area contributed by atoms with Crippen molar-refractivity contribution in [3.8, 4) is 6.07 Å². The quantitative estimate of drug-likeness (QED) is 0.632.